The van der Waals surface area contributed by atoms with Crippen LogP contribution < -0.4 is 11.1 Å². The summed E-state index contributed by atoms with van der Waals surface area (Å²) in [6, 6.07) is 9.45. The molecule has 0 spiro atoms. The van der Waals surface area contributed by atoms with Gasteiger partial charge in [0.1, 0.15) is 0 Å². The summed E-state index contributed by atoms with van der Waals surface area (Å²) < 4.78 is -1.74. The van der Waals surface area contributed by atoms with Crippen LogP contribution in [-0.4, -0.2) is 27.0 Å². The largest absolute Gasteiger partial charge is 0.352 e. The van der Waals surface area contributed by atoms with Crippen LogP contribution >= 0.6 is 34.8 Å². The van der Waals surface area contributed by atoms with Crippen LogP contribution in [0.15, 0.2) is 30.3 Å². The third-order valence-corrected chi connectivity index (χ3v) is 4.43. The van der Waals surface area contributed by atoms with E-state index in [4.69, 9.17) is 40.5 Å². The number of nitrogens with two attached hydrogens (primary N) is 1. The van der Waals surface area contributed by atoms with Crippen LogP contribution in [0.5, 0.6) is 0 Å². The summed E-state index contributed by atoms with van der Waals surface area (Å²) >= 11 is 17.9. The Morgan fingerprint density at radius 2 is 1.62 bits per heavy atom. The predicted molar refractivity (Wildman–Crippen MR) is 100 cm³/mol. The van der Waals surface area contributed by atoms with Crippen molar-refractivity contribution in [2.24, 2.45) is 5.73 Å². The number of nitrogens with one attached hydrogen (secondary N) is 1. The average Bonchev–Trinajstić information content (AvgIpc) is 2.59. The molecule has 0 atom stereocenters. The van der Waals surface area contributed by atoms with E-state index in [1.807, 2.05) is 44.2 Å². The van der Waals surface area contributed by atoms with E-state index in [-0.39, 0.29) is 11.4 Å². The van der Waals surface area contributed by atoms with Crippen molar-refractivity contribution >= 4 is 40.8 Å². The third-order valence-electron chi connectivity index (χ3n) is 3.93. The zero-order valence-electron chi connectivity index (χ0n) is 13.6. The van der Waals surface area contributed by atoms with Gasteiger partial charge in [-0.05, 0) is 12.8 Å². The fourth-order valence-electron chi connectivity index (χ4n) is 2.05. The number of nitrogens with zero attached hydrogens (tertiary/aromatic N) is 3. The number of alkyl halides is 3. The molecule has 2 rings (SSSR count). The molecule has 8 heteroatoms. The third kappa shape index (κ3) is 4.93. The number of aromatic nitrogens is 3. The summed E-state index contributed by atoms with van der Waals surface area (Å²) in [4.78, 5) is 12.9. The van der Waals surface area contributed by atoms with Crippen molar-refractivity contribution in [1.29, 1.82) is 0 Å². The van der Waals surface area contributed by atoms with Gasteiger partial charge in [-0.25, -0.2) is 4.98 Å². The fraction of sp³-hybridized carbons (Fsp3) is 0.438. The molecule has 3 N–H and O–H groups in total. The molecule has 0 radical (unpaired) electrons. The first-order valence-electron chi connectivity index (χ1n) is 7.69. The normalized spacial score (nSPS) is 12.2. The van der Waals surface area contributed by atoms with E-state index in [0.29, 0.717) is 18.3 Å². The van der Waals surface area contributed by atoms with E-state index >= 15 is 0 Å². The molecule has 0 saturated carbocycles. The molecule has 0 aliphatic heterocycles. The highest BCUT2D eigenvalue weighted by atomic mass is 35.6. The highest BCUT2D eigenvalue weighted by Crippen LogP contribution is 2.36. The minimum absolute atomic E-state index is 0.0690. The van der Waals surface area contributed by atoms with E-state index in [9.17, 15) is 0 Å². The molecule has 1 aromatic carbocycles. The molecule has 2 aromatic rings. The molecule has 0 bridgehead atoms. The smallest absolute Gasteiger partial charge is 0.250 e. The average molecular weight is 389 g/mol. The Balaban J connectivity index is 2.37. The Hall–Kier alpha value is -1.14. The molecule has 0 fully saturated rings. The number of halogens is 3. The Bertz CT molecular complexity index is 669. The van der Waals surface area contributed by atoms with Crippen molar-refractivity contribution < 1.29 is 0 Å². The Morgan fingerprint density at radius 1 is 1.00 bits per heavy atom. The van der Waals surface area contributed by atoms with Crippen molar-refractivity contribution in [1.82, 2.24) is 15.0 Å². The van der Waals surface area contributed by atoms with E-state index in [2.05, 4.69) is 20.3 Å². The molecular formula is C16H20Cl3N5. The van der Waals surface area contributed by atoms with Crippen molar-refractivity contribution in [3.63, 3.8) is 0 Å². The maximum Gasteiger partial charge on any atom is 0.250 e. The molecule has 5 nitrogen and oxygen atoms in total. The second kappa shape index (κ2) is 7.83. The lowest BCUT2D eigenvalue weighted by Gasteiger charge is -2.27. The van der Waals surface area contributed by atoms with Crippen LogP contribution in [0.3, 0.4) is 0 Å². The first-order valence-corrected chi connectivity index (χ1v) is 8.82. The Labute approximate surface area is 157 Å². The minimum atomic E-state index is -1.74. The molecule has 24 heavy (non-hydrogen) atoms. The molecule has 0 aliphatic carbocycles. The van der Waals surface area contributed by atoms with Gasteiger partial charge in [0.15, 0.2) is 11.6 Å². The lowest BCUT2D eigenvalue weighted by atomic mass is 9.94. The maximum atomic E-state index is 6.31. The van der Waals surface area contributed by atoms with Gasteiger partial charge in [0.2, 0.25) is 9.74 Å². The SMILES string of the molecule is CCC(N)(CC)CNc1nc(-c2ccccc2)nc(C(Cl)(Cl)Cl)n1. The van der Waals surface area contributed by atoms with Crippen LogP contribution in [0.2, 0.25) is 0 Å². The summed E-state index contributed by atoms with van der Waals surface area (Å²) in [5.41, 5.74) is 6.77. The molecular weight excluding hydrogens is 369 g/mol. The van der Waals surface area contributed by atoms with Crippen molar-refractivity contribution in [3.8, 4) is 11.4 Å². The summed E-state index contributed by atoms with van der Waals surface area (Å²) in [5, 5.41) is 3.15. The highest BCUT2D eigenvalue weighted by Gasteiger charge is 2.29. The number of benzene rings is 1. The summed E-state index contributed by atoms with van der Waals surface area (Å²) in [5.74, 6) is 0.839. The molecule has 1 heterocycles. The van der Waals surface area contributed by atoms with Crippen LogP contribution in [0, 0.1) is 0 Å². The van der Waals surface area contributed by atoms with Crippen molar-refractivity contribution in [2.75, 3.05) is 11.9 Å². The predicted octanol–water partition coefficient (Wildman–Crippen LogP) is 4.29. The van der Waals surface area contributed by atoms with E-state index in [1.54, 1.807) is 0 Å². The number of rotatable bonds is 6. The zero-order chi connectivity index (χ0) is 17.8. The quantitative estimate of drug-likeness (QED) is 0.722. The first-order chi connectivity index (χ1) is 11.3. The Morgan fingerprint density at radius 3 is 2.17 bits per heavy atom. The van der Waals surface area contributed by atoms with Gasteiger partial charge in [-0.15, -0.1) is 0 Å². The van der Waals surface area contributed by atoms with E-state index < -0.39 is 3.79 Å². The summed E-state index contributed by atoms with van der Waals surface area (Å²) in [6.07, 6.45) is 1.65. The van der Waals surface area contributed by atoms with Gasteiger partial charge < -0.3 is 11.1 Å². The van der Waals surface area contributed by atoms with Gasteiger partial charge in [0, 0.05) is 17.6 Å². The van der Waals surface area contributed by atoms with Crippen LogP contribution in [0.25, 0.3) is 11.4 Å². The van der Waals surface area contributed by atoms with Crippen LogP contribution in [0.1, 0.15) is 32.5 Å². The fourth-order valence-corrected chi connectivity index (χ4v) is 2.31. The molecule has 1 aromatic heterocycles. The monoisotopic (exact) mass is 387 g/mol. The van der Waals surface area contributed by atoms with E-state index in [0.717, 1.165) is 18.4 Å². The van der Waals surface area contributed by atoms with Crippen LogP contribution in [0.4, 0.5) is 5.95 Å². The van der Waals surface area contributed by atoms with Gasteiger partial charge in [-0.1, -0.05) is 79.0 Å². The molecule has 0 unspecified atom stereocenters. The van der Waals surface area contributed by atoms with Crippen molar-refractivity contribution in [2.45, 2.75) is 36.0 Å². The van der Waals surface area contributed by atoms with Crippen molar-refractivity contribution in [3.05, 3.63) is 36.2 Å². The summed E-state index contributed by atoms with van der Waals surface area (Å²) in [6.45, 7) is 4.60. The van der Waals surface area contributed by atoms with Gasteiger partial charge in [0.25, 0.3) is 0 Å². The molecule has 0 amide bonds. The lowest BCUT2D eigenvalue weighted by molar-refractivity contribution is 0.417. The standard InChI is InChI=1S/C16H20Cl3N5/c1-3-15(20,4-2)10-21-14-23-12(11-8-6-5-7-9-11)22-13(24-14)16(17,18)19/h5-9H,3-4,10,20H2,1-2H3,(H,21,22,23,24). The van der Waals surface area contributed by atoms with Crippen LogP contribution in [-0.2, 0) is 3.79 Å². The van der Waals surface area contributed by atoms with Gasteiger partial charge >= 0.3 is 0 Å². The number of anilines is 1. The zero-order valence-corrected chi connectivity index (χ0v) is 15.8. The first kappa shape index (κ1) is 19.2. The highest BCUT2D eigenvalue weighted by molar-refractivity contribution is 6.66. The molecule has 0 saturated heterocycles. The van der Waals surface area contributed by atoms with E-state index in [1.165, 1.54) is 0 Å². The minimum Gasteiger partial charge on any atom is -0.352 e. The maximum absolute atomic E-state index is 6.31. The molecule has 130 valence electrons. The molecule has 0 aliphatic rings. The van der Waals surface area contributed by atoms with Gasteiger partial charge in [-0.2, -0.15) is 9.97 Å². The topological polar surface area (TPSA) is 76.7 Å². The lowest BCUT2D eigenvalue weighted by Crippen LogP contribution is -2.45. The second-order valence-electron chi connectivity index (χ2n) is 5.59. The Kier molecular flexibility index (Phi) is 6.26. The second-order valence-corrected chi connectivity index (χ2v) is 7.87. The number of hydrogen-bond acceptors (Lipinski definition) is 5. The number of hydrogen-bond donors (Lipinski definition) is 2. The van der Waals surface area contributed by atoms with Gasteiger partial charge in [0.05, 0.1) is 0 Å². The summed E-state index contributed by atoms with van der Waals surface area (Å²) in [7, 11) is 0. The van der Waals surface area contributed by atoms with Gasteiger partial charge in [-0.3, -0.25) is 0 Å².